The smallest absolute Gasteiger partial charge is 0.123 e. The maximum absolute atomic E-state index is 13.2. The van der Waals surface area contributed by atoms with Crippen molar-refractivity contribution in [1.29, 1.82) is 0 Å². The first kappa shape index (κ1) is 16.1. The molecule has 122 valence electrons. The Morgan fingerprint density at radius 1 is 0.957 bits per heavy atom. The van der Waals surface area contributed by atoms with Crippen molar-refractivity contribution in [3.63, 3.8) is 0 Å². The summed E-state index contributed by atoms with van der Waals surface area (Å²) in [6, 6.07) is 12.5. The van der Waals surface area contributed by atoms with Crippen LogP contribution < -0.4 is 5.32 Å². The summed E-state index contributed by atoms with van der Waals surface area (Å²) in [5.41, 5.74) is 1.00. The fourth-order valence-electron chi connectivity index (χ4n) is 3.34. The number of piperidine rings is 1. The lowest BCUT2D eigenvalue weighted by Crippen LogP contribution is -2.50. The number of hydrogen-bond acceptors (Lipinski definition) is 2. The number of halogens is 2. The van der Waals surface area contributed by atoms with E-state index in [0.717, 1.165) is 11.1 Å². The maximum Gasteiger partial charge on any atom is 0.123 e. The van der Waals surface area contributed by atoms with E-state index in [4.69, 9.17) is 0 Å². The second-order valence-corrected chi connectivity index (χ2v) is 6.65. The molecule has 1 aliphatic rings. The summed E-state index contributed by atoms with van der Waals surface area (Å²) in [6.45, 7) is 3.81. The molecule has 4 heteroatoms. The van der Waals surface area contributed by atoms with Crippen molar-refractivity contribution in [3.8, 4) is 0 Å². The molecule has 1 fully saturated rings. The summed E-state index contributed by atoms with van der Waals surface area (Å²) in [5.74, 6) is -0.594. The van der Waals surface area contributed by atoms with Crippen LogP contribution in [0.25, 0.3) is 0 Å². The molecule has 0 aliphatic carbocycles. The molecule has 4 atom stereocenters. The highest BCUT2D eigenvalue weighted by Crippen LogP contribution is 2.42. The average Bonchev–Trinajstić information content (AvgIpc) is 2.51. The van der Waals surface area contributed by atoms with E-state index in [1.54, 1.807) is 24.3 Å². The summed E-state index contributed by atoms with van der Waals surface area (Å²) < 4.78 is 26.3. The normalized spacial score (nSPS) is 31.1. The monoisotopic (exact) mass is 317 g/mol. The lowest BCUT2D eigenvalue weighted by molar-refractivity contribution is -0.0526. The quantitative estimate of drug-likeness (QED) is 0.873. The van der Waals surface area contributed by atoms with E-state index < -0.39 is 5.60 Å². The summed E-state index contributed by atoms with van der Waals surface area (Å²) in [5, 5.41) is 14.4. The van der Waals surface area contributed by atoms with Crippen LogP contribution in [-0.2, 0) is 0 Å². The molecule has 0 radical (unpaired) electrons. The molecule has 1 aliphatic heterocycles. The van der Waals surface area contributed by atoms with Gasteiger partial charge in [0.25, 0.3) is 0 Å². The van der Waals surface area contributed by atoms with Gasteiger partial charge in [-0.15, -0.1) is 0 Å². The third-order valence-electron chi connectivity index (χ3n) is 4.98. The highest BCUT2D eigenvalue weighted by atomic mass is 19.1. The van der Waals surface area contributed by atoms with Gasteiger partial charge in [-0.3, -0.25) is 0 Å². The molecule has 0 saturated carbocycles. The Kier molecular flexibility index (Phi) is 4.21. The molecule has 1 saturated heterocycles. The van der Waals surface area contributed by atoms with Gasteiger partial charge in [0.2, 0.25) is 0 Å². The van der Waals surface area contributed by atoms with E-state index >= 15 is 0 Å². The van der Waals surface area contributed by atoms with Gasteiger partial charge in [-0.2, -0.15) is 0 Å². The van der Waals surface area contributed by atoms with Gasteiger partial charge in [-0.1, -0.05) is 31.2 Å². The summed E-state index contributed by atoms with van der Waals surface area (Å²) in [7, 11) is 0. The van der Waals surface area contributed by atoms with Crippen molar-refractivity contribution in [1.82, 2.24) is 5.32 Å². The van der Waals surface area contributed by atoms with Gasteiger partial charge in [-0.05, 0) is 48.7 Å². The number of nitrogens with one attached hydrogen (secondary N) is 1. The first-order valence-electron chi connectivity index (χ1n) is 7.86. The van der Waals surface area contributed by atoms with E-state index in [-0.39, 0.29) is 29.6 Å². The third-order valence-corrected chi connectivity index (χ3v) is 4.98. The average molecular weight is 317 g/mol. The zero-order chi connectivity index (χ0) is 16.6. The minimum Gasteiger partial charge on any atom is -0.390 e. The molecule has 0 aromatic heterocycles. The summed E-state index contributed by atoms with van der Waals surface area (Å²) >= 11 is 0. The molecule has 3 rings (SSSR count). The van der Waals surface area contributed by atoms with Gasteiger partial charge in [-0.25, -0.2) is 8.78 Å². The van der Waals surface area contributed by atoms with Gasteiger partial charge < -0.3 is 10.4 Å². The third kappa shape index (κ3) is 3.28. The number of hydrogen-bond donors (Lipinski definition) is 2. The molecule has 0 amide bonds. The van der Waals surface area contributed by atoms with Crippen LogP contribution in [0.5, 0.6) is 0 Å². The molecule has 0 spiro atoms. The minimum atomic E-state index is -0.872. The first-order chi connectivity index (χ1) is 10.9. The molecule has 2 N–H and O–H groups in total. The molecule has 2 aromatic rings. The number of rotatable bonds is 2. The van der Waals surface area contributed by atoms with Gasteiger partial charge >= 0.3 is 0 Å². The highest BCUT2D eigenvalue weighted by Gasteiger charge is 2.42. The van der Waals surface area contributed by atoms with Crippen LogP contribution in [0.1, 0.15) is 43.5 Å². The lowest BCUT2D eigenvalue weighted by Gasteiger charge is -2.46. The fraction of sp³-hybridized carbons (Fsp3) is 0.368. The Bertz CT molecular complexity index is 667. The van der Waals surface area contributed by atoms with E-state index in [0.29, 0.717) is 6.42 Å². The molecule has 2 aromatic carbocycles. The Morgan fingerprint density at radius 2 is 1.43 bits per heavy atom. The van der Waals surface area contributed by atoms with E-state index in [2.05, 4.69) is 5.32 Å². The van der Waals surface area contributed by atoms with Crippen molar-refractivity contribution in [2.75, 3.05) is 0 Å². The second-order valence-electron chi connectivity index (χ2n) is 6.65. The van der Waals surface area contributed by atoms with Crippen LogP contribution in [-0.4, -0.2) is 10.7 Å². The summed E-state index contributed by atoms with van der Waals surface area (Å²) in [4.78, 5) is 0. The predicted octanol–water partition coefficient (Wildman–Crippen LogP) is 4.13. The van der Waals surface area contributed by atoms with Gasteiger partial charge in [0.15, 0.2) is 0 Å². The van der Waals surface area contributed by atoms with Crippen LogP contribution in [0, 0.1) is 17.6 Å². The minimum absolute atomic E-state index is 0.0374. The largest absolute Gasteiger partial charge is 0.390 e. The van der Waals surface area contributed by atoms with Gasteiger partial charge in [0, 0.05) is 18.0 Å². The maximum atomic E-state index is 13.2. The molecule has 0 unspecified atom stereocenters. The molecular weight excluding hydrogens is 296 g/mol. The SMILES string of the molecule is C[C@@H]1[C@@H](c2ccc(F)cc2)N[C@H](c2ccc(F)cc2)C[C@@]1(C)O. The zero-order valence-corrected chi connectivity index (χ0v) is 13.3. The predicted molar refractivity (Wildman–Crippen MR) is 85.8 cm³/mol. The standard InChI is InChI=1S/C19H21F2NO/c1-12-18(14-5-9-16(21)10-6-14)22-17(11-19(12,2)23)13-3-7-15(20)8-4-13/h3-10,12,17-18,22-23H,11H2,1-2H3/t12-,17+,18+,19-/m1/s1. The first-order valence-corrected chi connectivity index (χ1v) is 7.86. The zero-order valence-electron chi connectivity index (χ0n) is 13.3. The van der Waals surface area contributed by atoms with Crippen LogP contribution >= 0.6 is 0 Å². The lowest BCUT2D eigenvalue weighted by atomic mass is 9.73. The Balaban J connectivity index is 1.92. The van der Waals surface area contributed by atoms with Crippen molar-refractivity contribution < 1.29 is 13.9 Å². The Hall–Kier alpha value is -1.78. The molecule has 2 nitrogen and oxygen atoms in total. The number of benzene rings is 2. The van der Waals surface area contributed by atoms with Gasteiger partial charge in [0.1, 0.15) is 11.6 Å². The fourth-order valence-corrected chi connectivity index (χ4v) is 3.34. The van der Waals surface area contributed by atoms with Crippen molar-refractivity contribution in [3.05, 3.63) is 71.3 Å². The van der Waals surface area contributed by atoms with Crippen LogP contribution in [0.15, 0.2) is 48.5 Å². The van der Waals surface area contributed by atoms with Crippen LogP contribution in [0.4, 0.5) is 8.78 Å². The van der Waals surface area contributed by atoms with Gasteiger partial charge in [0.05, 0.1) is 5.60 Å². The van der Waals surface area contributed by atoms with Crippen LogP contribution in [0.2, 0.25) is 0 Å². The topological polar surface area (TPSA) is 32.3 Å². The Morgan fingerprint density at radius 3 is 1.96 bits per heavy atom. The molecular formula is C19H21F2NO. The number of aliphatic hydroxyl groups is 1. The Labute approximate surface area is 135 Å². The van der Waals surface area contributed by atoms with E-state index in [1.165, 1.54) is 24.3 Å². The molecule has 1 heterocycles. The molecule has 0 bridgehead atoms. The van der Waals surface area contributed by atoms with Crippen molar-refractivity contribution in [2.24, 2.45) is 5.92 Å². The highest BCUT2D eigenvalue weighted by molar-refractivity contribution is 5.27. The van der Waals surface area contributed by atoms with Crippen LogP contribution in [0.3, 0.4) is 0 Å². The van der Waals surface area contributed by atoms with E-state index in [1.807, 2.05) is 13.8 Å². The molecule has 23 heavy (non-hydrogen) atoms. The van der Waals surface area contributed by atoms with Crippen molar-refractivity contribution in [2.45, 2.75) is 38.0 Å². The van der Waals surface area contributed by atoms with Crippen molar-refractivity contribution >= 4 is 0 Å². The van der Waals surface area contributed by atoms with E-state index in [9.17, 15) is 13.9 Å². The summed E-state index contributed by atoms with van der Waals surface area (Å²) in [6.07, 6.45) is 0.539. The second kappa shape index (κ2) is 6.02.